The first-order chi connectivity index (χ1) is 9.15. The Morgan fingerprint density at radius 1 is 1.47 bits per heavy atom. The quantitative estimate of drug-likeness (QED) is 0.929. The number of nitrogens with two attached hydrogens (primary N) is 1. The van der Waals surface area contributed by atoms with Gasteiger partial charge >= 0.3 is 0 Å². The topological polar surface area (TPSA) is 38.5 Å². The minimum absolute atomic E-state index is 0.101. The normalized spacial score (nSPS) is 22.4. The average Bonchev–Trinajstić information content (AvgIpc) is 2.44. The van der Waals surface area contributed by atoms with E-state index in [4.69, 9.17) is 33.7 Å². The molecule has 106 valence electrons. The average molecular weight is 303 g/mol. The molecule has 1 aromatic rings. The first kappa shape index (κ1) is 15.1. The highest BCUT2D eigenvalue weighted by Gasteiger charge is 2.27. The van der Waals surface area contributed by atoms with Crippen LogP contribution in [0, 0.1) is 0 Å². The molecule has 2 N–H and O–H groups in total. The molecule has 0 radical (unpaired) electrons. The second-order valence-corrected chi connectivity index (χ2v) is 5.66. The smallest absolute Gasteiger partial charge is 0.0700 e. The number of hydrogen-bond donors (Lipinski definition) is 1. The molecule has 3 nitrogen and oxygen atoms in total. The summed E-state index contributed by atoms with van der Waals surface area (Å²) in [5.74, 6) is 0. The molecule has 2 unspecified atom stereocenters. The lowest BCUT2D eigenvalue weighted by Gasteiger charge is -2.38. The summed E-state index contributed by atoms with van der Waals surface area (Å²) in [6, 6.07) is 5.65. The first-order valence-corrected chi connectivity index (χ1v) is 7.42. The molecule has 1 fully saturated rings. The van der Waals surface area contributed by atoms with Crippen molar-refractivity contribution in [2.24, 2.45) is 5.73 Å². The molecular formula is C14H20Cl2N2O. The summed E-state index contributed by atoms with van der Waals surface area (Å²) in [6.07, 6.45) is 1.29. The zero-order valence-electron chi connectivity index (χ0n) is 11.1. The van der Waals surface area contributed by atoms with Crippen molar-refractivity contribution >= 4 is 23.2 Å². The predicted octanol–water partition coefficient (Wildman–Crippen LogP) is 3.10. The predicted molar refractivity (Wildman–Crippen MR) is 79.9 cm³/mol. The first-order valence-electron chi connectivity index (χ1n) is 6.66. The molecule has 1 aromatic carbocycles. The molecule has 0 spiro atoms. The number of morpholine rings is 1. The van der Waals surface area contributed by atoms with Gasteiger partial charge < -0.3 is 10.5 Å². The van der Waals surface area contributed by atoms with Gasteiger partial charge in [0.25, 0.3) is 0 Å². The molecule has 19 heavy (non-hydrogen) atoms. The van der Waals surface area contributed by atoms with Gasteiger partial charge in [-0.3, -0.25) is 4.90 Å². The zero-order valence-corrected chi connectivity index (χ0v) is 12.6. The van der Waals surface area contributed by atoms with Crippen LogP contribution in [-0.2, 0) is 4.74 Å². The largest absolute Gasteiger partial charge is 0.376 e. The standard InChI is InChI=1S/C14H20Cl2N2O/c1-2-11-9-18(5-6-19-11)14(8-17)12-7-10(15)3-4-13(12)16/h3-4,7,11,14H,2,5-6,8-9,17H2,1H3. The van der Waals surface area contributed by atoms with Crippen molar-refractivity contribution in [2.75, 3.05) is 26.2 Å². The molecule has 1 heterocycles. The van der Waals surface area contributed by atoms with Gasteiger partial charge in [0.2, 0.25) is 0 Å². The molecule has 1 aliphatic heterocycles. The Kier molecular flexibility index (Phi) is 5.48. The highest BCUT2D eigenvalue weighted by Crippen LogP contribution is 2.30. The Labute approximate surface area is 124 Å². The van der Waals surface area contributed by atoms with Crippen LogP contribution in [0.25, 0.3) is 0 Å². The Bertz CT molecular complexity index is 428. The number of halogens is 2. The van der Waals surface area contributed by atoms with Gasteiger partial charge in [-0.2, -0.15) is 0 Å². The van der Waals surface area contributed by atoms with Crippen LogP contribution in [0.3, 0.4) is 0 Å². The molecule has 2 rings (SSSR count). The van der Waals surface area contributed by atoms with E-state index in [0.29, 0.717) is 11.6 Å². The summed E-state index contributed by atoms with van der Waals surface area (Å²) >= 11 is 12.4. The van der Waals surface area contributed by atoms with E-state index >= 15 is 0 Å². The number of hydrogen-bond acceptors (Lipinski definition) is 3. The summed E-state index contributed by atoms with van der Waals surface area (Å²) in [7, 11) is 0. The van der Waals surface area contributed by atoms with Crippen molar-refractivity contribution in [1.82, 2.24) is 4.90 Å². The Balaban J connectivity index is 2.21. The maximum Gasteiger partial charge on any atom is 0.0700 e. The van der Waals surface area contributed by atoms with Gasteiger partial charge in [0.05, 0.1) is 12.7 Å². The summed E-state index contributed by atoms with van der Waals surface area (Å²) in [5.41, 5.74) is 6.97. The molecule has 1 aliphatic rings. The Morgan fingerprint density at radius 3 is 2.95 bits per heavy atom. The van der Waals surface area contributed by atoms with Gasteiger partial charge in [0, 0.05) is 35.7 Å². The maximum atomic E-state index is 6.29. The van der Waals surface area contributed by atoms with Gasteiger partial charge in [-0.05, 0) is 30.2 Å². The van der Waals surface area contributed by atoms with E-state index in [0.717, 1.165) is 36.7 Å². The van der Waals surface area contributed by atoms with Crippen molar-refractivity contribution in [3.05, 3.63) is 33.8 Å². The van der Waals surface area contributed by atoms with Gasteiger partial charge in [-0.1, -0.05) is 30.1 Å². The molecule has 5 heteroatoms. The minimum Gasteiger partial charge on any atom is -0.376 e. The number of nitrogens with zero attached hydrogens (tertiary/aromatic N) is 1. The van der Waals surface area contributed by atoms with Crippen molar-refractivity contribution in [1.29, 1.82) is 0 Å². The summed E-state index contributed by atoms with van der Waals surface area (Å²) in [5, 5.41) is 1.41. The van der Waals surface area contributed by atoms with Crippen LogP contribution in [0.5, 0.6) is 0 Å². The fourth-order valence-electron chi connectivity index (χ4n) is 2.51. The second kappa shape index (κ2) is 6.91. The van der Waals surface area contributed by atoms with E-state index in [1.54, 1.807) is 6.07 Å². The van der Waals surface area contributed by atoms with E-state index in [1.807, 2.05) is 12.1 Å². The molecule has 0 bridgehead atoms. The van der Waals surface area contributed by atoms with Crippen LogP contribution in [0.2, 0.25) is 10.0 Å². The van der Waals surface area contributed by atoms with Gasteiger partial charge in [-0.25, -0.2) is 0 Å². The lowest BCUT2D eigenvalue weighted by atomic mass is 10.0. The van der Waals surface area contributed by atoms with Gasteiger partial charge in [0.15, 0.2) is 0 Å². The van der Waals surface area contributed by atoms with E-state index < -0.39 is 0 Å². The molecule has 0 saturated carbocycles. The van der Waals surface area contributed by atoms with E-state index in [2.05, 4.69) is 11.8 Å². The molecule has 0 amide bonds. The molecule has 0 aliphatic carbocycles. The molecular weight excluding hydrogens is 283 g/mol. The zero-order chi connectivity index (χ0) is 13.8. The monoisotopic (exact) mass is 302 g/mol. The van der Waals surface area contributed by atoms with Crippen LogP contribution in [0.1, 0.15) is 24.9 Å². The van der Waals surface area contributed by atoms with E-state index in [9.17, 15) is 0 Å². The summed E-state index contributed by atoms with van der Waals surface area (Å²) in [6.45, 7) is 5.17. The molecule has 2 atom stereocenters. The van der Waals surface area contributed by atoms with Gasteiger partial charge in [0.1, 0.15) is 0 Å². The highest BCUT2D eigenvalue weighted by molar-refractivity contribution is 6.33. The lowest BCUT2D eigenvalue weighted by molar-refractivity contribution is -0.0437. The van der Waals surface area contributed by atoms with E-state index in [-0.39, 0.29) is 12.1 Å². The maximum absolute atomic E-state index is 6.29. The number of ether oxygens (including phenoxy) is 1. The third kappa shape index (κ3) is 3.61. The Hall–Kier alpha value is -0.320. The second-order valence-electron chi connectivity index (χ2n) is 4.81. The van der Waals surface area contributed by atoms with Crippen LogP contribution in [-0.4, -0.2) is 37.2 Å². The highest BCUT2D eigenvalue weighted by atomic mass is 35.5. The van der Waals surface area contributed by atoms with E-state index in [1.165, 1.54) is 0 Å². The molecule has 0 aromatic heterocycles. The van der Waals surface area contributed by atoms with Crippen LogP contribution >= 0.6 is 23.2 Å². The van der Waals surface area contributed by atoms with Crippen molar-refractivity contribution in [3.63, 3.8) is 0 Å². The fourth-order valence-corrected chi connectivity index (χ4v) is 2.94. The summed E-state index contributed by atoms with van der Waals surface area (Å²) in [4.78, 5) is 2.34. The third-order valence-electron chi connectivity index (χ3n) is 3.61. The van der Waals surface area contributed by atoms with Crippen molar-refractivity contribution < 1.29 is 4.74 Å². The number of rotatable bonds is 4. The van der Waals surface area contributed by atoms with Crippen molar-refractivity contribution in [3.8, 4) is 0 Å². The fraction of sp³-hybridized carbons (Fsp3) is 0.571. The van der Waals surface area contributed by atoms with Crippen molar-refractivity contribution in [2.45, 2.75) is 25.5 Å². The third-order valence-corrected chi connectivity index (χ3v) is 4.19. The van der Waals surface area contributed by atoms with Crippen LogP contribution in [0.4, 0.5) is 0 Å². The van der Waals surface area contributed by atoms with Gasteiger partial charge in [-0.15, -0.1) is 0 Å². The summed E-state index contributed by atoms with van der Waals surface area (Å²) < 4.78 is 5.70. The lowest BCUT2D eigenvalue weighted by Crippen LogP contribution is -2.46. The molecule has 1 saturated heterocycles. The Morgan fingerprint density at radius 2 is 2.26 bits per heavy atom. The minimum atomic E-state index is 0.101. The van der Waals surface area contributed by atoms with Crippen LogP contribution in [0.15, 0.2) is 18.2 Å². The SMILES string of the molecule is CCC1CN(C(CN)c2cc(Cl)ccc2Cl)CCO1. The number of benzene rings is 1. The van der Waals surface area contributed by atoms with Crippen LogP contribution < -0.4 is 5.73 Å².